The van der Waals surface area contributed by atoms with Crippen molar-refractivity contribution in [1.29, 1.82) is 0 Å². The number of nitrogens with zero attached hydrogens (tertiary/aromatic N) is 4. The van der Waals surface area contributed by atoms with E-state index in [1.165, 1.54) is 0 Å². The van der Waals surface area contributed by atoms with Crippen LogP contribution in [-0.2, 0) is 9.05 Å². The molecule has 0 aliphatic carbocycles. The van der Waals surface area contributed by atoms with E-state index < -0.39 is 0 Å². The molecule has 0 radical (unpaired) electrons. The summed E-state index contributed by atoms with van der Waals surface area (Å²) in [7, 11) is 7.33. The minimum Gasteiger partial charge on any atom is -0.369 e. The largest absolute Gasteiger partial charge is 0.369 e. The van der Waals surface area contributed by atoms with E-state index in [0.717, 1.165) is 22.1 Å². The van der Waals surface area contributed by atoms with E-state index in [9.17, 15) is 0 Å². The smallest absolute Gasteiger partial charge is 0.112 e. The Bertz CT molecular complexity index is 679. The van der Waals surface area contributed by atoms with Gasteiger partial charge in [0.1, 0.15) is 11.0 Å². The summed E-state index contributed by atoms with van der Waals surface area (Å²) >= 11 is 0. The molecule has 2 atom stereocenters. The fourth-order valence-corrected chi connectivity index (χ4v) is 1.58. The van der Waals surface area contributed by atoms with Gasteiger partial charge in [-0.05, 0) is 43.2 Å². The van der Waals surface area contributed by atoms with Crippen LogP contribution in [0.2, 0.25) is 0 Å². The third-order valence-corrected chi connectivity index (χ3v) is 2.46. The number of aromatic amines is 2. The van der Waals surface area contributed by atoms with Gasteiger partial charge in [-0.2, -0.15) is 0 Å². The van der Waals surface area contributed by atoms with Crippen LogP contribution in [0.1, 0.15) is 0 Å². The van der Waals surface area contributed by atoms with E-state index in [0.29, 0.717) is 0 Å². The standard InChI is InChI=1S/2C6H5N3.2CH5OP/c2*1-2-4-6-5(3-1)7-9-8-6;2*1-2-3/h2*1-4H,(H,7,8,9);2*3H2,1H3. The summed E-state index contributed by atoms with van der Waals surface area (Å²) in [6, 6.07) is 15.5. The molecule has 0 fully saturated rings. The summed E-state index contributed by atoms with van der Waals surface area (Å²) in [6.07, 6.45) is 0. The molecule has 0 amide bonds. The van der Waals surface area contributed by atoms with Gasteiger partial charge >= 0.3 is 0 Å². The zero-order valence-corrected chi connectivity index (χ0v) is 15.7. The molecule has 8 nitrogen and oxygen atoms in total. The number of aromatic nitrogens is 6. The Kier molecular flexibility index (Phi) is 10.4. The Morgan fingerprint density at radius 3 is 1.38 bits per heavy atom. The second kappa shape index (κ2) is 12.4. The zero-order valence-electron chi connectivity index (χ0n) is 13.4. The van der Waals surface area contributed by atoms with Crippen LogP contribution in [0.5, 0.6) is 0 Å². The van der Waals surface area contributed by atoms with Gasteiger partial charge in [-0.3, -0.25) is 10.2 Å². The Morgan fingerprint density at radius 1 is 0.708 bits per heavy atom. The fourth-order valence-electron chi connectivity index (χ4n) is 1.58. The lowest BCUT2D eigenvalue weighted by Gasteiger charge is -1.79. The van der Waals surface area contributed by atoms with Gasteiger partial charge in [0, 0.05) is 14.2 Å². The SMILES string of the molecule is COP.COP.c1ccc2[nH]nnc2c1.c1ccc2[nH]nnc2c1. The highest BCUT2D eigenvalue weighted by atomic mass is 31.0. The molecule has 0 aliphatic rings. The summed E-state index contributed by atoms with van der Waals surface area (Å²) in [4.78, 5) is 0. The molecule has 0 aliphatic heterocycles. The van der Waals surface area contributed by atoms with Crippen molar-refractivity contribution in [2.75, 3.05) is 14.2 Å². The molecule has 0 spiro atoms. The van der Waals surface area contributed by atoms with Gasteiger partial charge in [-0.25, -0.2) is 0 Å². The van der Waals surface area contributed by atoms with Crippen LogP contribution in [0.25, 0.3) is 22.1 Å². The second-order valence-corrected chi connectivity index (χ2v) is 5.07. The number of H-pyrrole nitrogens is 2. The van der Waals surface area contributed by atoms with Crippen molar-refractivity contribution in [3.63, 3.8) is 0 Å². The molecule has 2 N–H and O–H groups in total. The fraction of sp³-hybridized carbons (Fsp3) is 0.143. The van der Waals surface area contributed by atoms with Crippen molar-refractivity contribution in [2.45, 2.75) is 0 Å². The molecular formula is C14H20N6O2P2. The minimum atomic E-state index is 0.914. The average molecular weight is 366 g/mol. The normalized spacial score (nSPS) is 9.17. The first-order valence-electron chi connectivity index (χ1n) is 6.74. The number of para-hydroxylation sites is 2. The van der Waals surface area contributed by atoms with Crippen LogP contribution in [0.15, 0.2) is 48.5 Å². The van der Waals surface area contributed by atoms with Gasteiger partial charge < -0.3 is 9.05 Å². The van der Waals surface area contributed by atoms with E-state index >= 15 is 0 Å². The summed E-state index contributed by atoms with van der Waals surface area (Å²) in [6.45, 7) is 0. The monoisotopic (exact) mass is 366 g/mol. The van der Waals surface area contributed by atoms with Gasteiger partial charge in [-0.1, -0.05) is 34.7 Å². The summed E-state index contributed by atoms with van der Waals surface area (Å²) in [5.74, 6) is 0. The highest BCUT2D eigenvalue weighted by Crippen LogP contribution is 2.04. The Hall–Kier alpha value is -1.98. The van der Waals surface area contributed by atoms with E-state index in [1.54, 1.807) is 14.2 Å². The molecular weight excluding hydrogens is 346 g/mol. The molecule has 2 unspecified atom stereocenters. The van der Waals surface area contributed by atoms with Gasteiger partial charge in [0.2, 0.25) is 0 Å². The van der Waals surface area contributed by atoms with Crippen molar-refractivity contribution in [3.05, 3.63) is 48.5 Å². The van der Waals surface area contributed by atoms with Crippen LogP contribution in [0.3, 0.4) is 0 Å². The van der Waals surface area contributed by atoms with E-state index in [1.807, 2.05) is 48.5 Å². The highest BCUT2D eigenvalue weighted by Gasteiger charge is 1.90. The third-order valence-electron chi connectivity index (χ3n) is 2.46. The zero-order chi connectivity index (χ0) is 17.6. The molecule has 10 heteroatoms. The lowest BCUT2D eigenvalue weighted by atomic mass is 10.3. The Morgan fingerprint density at radius 2 is 1.04 bits per heavy atom. The van der Waals surface area contributed by atoms with Crippen molar-refractivity contribution in [1.82, 2.24) is 30.8 Å². The van der Waals surface area contributed by atoms with Gasteiger partial charge in [0.25, 0.3) is 0 Å². The van der Waals surface area contributed by atoms with E-state index in [-0.39, 0.29) is 0 Å². The quantitative estimate of drug-likeness (QED) is 0.464. The van der Waals surface area contributed by atoms with E-state index in [2.05, 4.69) is 58.8 Å². The lowest BCUT2D eigenvalue weighted by Crippen LogP contribution is -1.63. The molecule has 4 aromatic rings. The van der Waals surface area contributed by atoms with Crippen LogP contribution in [-0.4, -0.2) is 45.0 Å². The average Bonchev–Trinajstić information content (AvgIpc) is 3.26. The number of hydrogen-bond acceptors (Lipinski definition) is 6. The van der Waals surface area contributed by atoms with Crippen molar-refractivity contribution < 1.29 is 9.05 Å². The van der Waals surface area contributed by atoms with Crippen molar-refractivity contribution in [3.8, 4) is 0 Å². The minimum absolute atomic E-state index is 0.914. The van der Waals surface area contributed by atoms with Gasteiger partial charge in [-0.15, -0.1) is 10.2 Å². The molecule has 0 saturated carbocycles. The number of fused-ring (bicyclic) bond motifs is 2. The number of nitrogens with one attached hydrogen (secondary N) is 2. The first kappa shape index (κ1) is 20.1. The van der Waals surface area contributed by atoms with Crippen LogP contribution < -0.4 is 0 Å². The number of benzene rings is 2. The van der Waals surface area contributed by atoms with Gasteiger partial charge in [0.15, 0.2) is 0 Å². The first-order valence-corrected chi connectivity index (χ1v) is 7.68. The molecule has 0 bridgehead atoms. The van der Waals surface area contributed by atoms with Crippen LogP contribution in [0.4, 0.5) is 0 Å². The molecule has 24 heavy (non-hydrogen) atoms. The predicted molar refractivity (Wildman–Crippen MR) is 101 cm³/mol. The van der Waals surface area contributed by atoms with Crippen LogP contribution in [0, 0.1) is 0 Å². The molecule has 4 rings (SSSR count). The maximum atomic E-state index is 4.17. The molecule has 2 aromatic heterocycles. The predicted octanol–water partition coefficient (Wildman–Crippen LogP) is 2.76. The highest BCUT2D eigenvalue weighted by molar-refractivity contribution is 7.09. The first-order chi connectivity index (χ1) is 11.8. The second-order valence-electron chi connectivity index (χ2n) is 4.13. The van der Waals surface area contributed by atoms with Crippen molar-refractivity contribution in [2.24, 2.45) is 0 Å². The molecule has 0 saturated heterocycles. The topological polar surface area (TPSA) is 102 Å². The molecule has 2 heterocycles. The summed E-state index contributed by atoms with van der Waals surface area (Å²) in [5.41, 5.74) is 3.80. The number of hydrogen-bond donors (Lipinski definition) is 2. The Labute approximate surface area is 144 Å². The third kappa shape index (κ3) is 7.06. The Balaban J connectivity index is 0.000000183. The molecule has 128 valence electrons. The maximum Gasteiger partial charge on any atom is 0.112 e. The summed E-state index contributed by atoms with van der Waals surface area (Å²) < 4.78 is 8.33. The van der Waals surface area contributed by atoms with Crippen molar-refractivity contribution >= 4 is 41.0 Å². The lowest BCUT2D eigenvalue weighted by molar-refractivity contribution is 0.488. The molecule has 2 aromatic carbocycles. The maximum absolute atomic E-state index is 4.17. The van der Waals surface area contributed by atoms with Crippen LogP contribution >= 0.6 is 18.9 Å². The van der Waals surface area contributed by atoms with E-state index in [4.69, 9.17) is 0 Å². The number of rotatable bonds is 0. The summed E-state index contributed by atoms with van der Waals surface area (Å²) in [5, 5.41) is 20.4. The van der Waals surface area contributed by atoms with Gasteiger partial charge in [0.05, 0.1) is 11.0 Å².